The van der Waals surface area contributed by atoms with Crippen LogP contribution >= 0.6 is 12.4 Å². The molecule has 0 bridgehead atoms. The molecular formula is C19H25ClN2O. The number of amides is 1. The van der Waals surface area contributed by atoms with E-state index in [-0.39, 0.29) is 23.7 Å². The summed E-state index contributed by atoms with van der Waals surface area (Å²) in [4.78, 5) is 12.2. The summed E-state index contributed by atoms with van der Waals surface area (Å²) in [5.41, 5.74) is 1.32. The fourth-order valence-corrected chi connectivity index (χ4v) is 3.12. The molecule has 0 aromatic heterocycles. The summed E-state index contributed by atoms with van der Waals surface area (Å²) in [5.74, 6) is 0.120. The summed E-state index contributed by atoms with van der Waals surface area (Å²) in [7, 11) is 0. The molecule has 3 nitrogen and oxygen atoms in total. The van der Waals surface area contributed by atoms with Crippen molar-refractivity contribution in [3.8, 4) is 0 Å². The molecule has 1 heterocycles. The molecule has 0 saturated carbocycles. The molecule has 1 aliphatic heterocycles. The summed E-state index contributed by atoms with van der Waals surface area (Å²) >= 11 is 0. The Morgan fingerprint density at radius 1 is 1.13 bits per heavy atom. The van der Waals surface area contributed by atoms with Crippen LogP contribution in [0, 0.1) is 5.41 Å². The van der Waals surface area contributed by atoms with Crippen molar-refractivity contribution in [3.63, 3.8) is 0 Å². The Bertz CT molecular complexity index is 665. The van der Waals surface area contributed by atoms with Crippen LogP contribution in [0.15, 0.2) is 42.5 Å². The van der Waals surface area contributed by atoms with Crippen LogP contribution in [0.5, 0.6) is 0 Å². The number of hydrogen-bond donors (Lipinski definition) is 2. The maximum absolute atomic E-state index is 12.2. The third-order valence-corrected chi connectivity index (χ3v) is 4.70. The van der Waals surface area contributed by atoms with Crippen molar-refractivity contribution in [2.45, 2.75) is 26.2 Å². The lowest BCUT2D eigenvalue weighted by atomic mass is 9.81. The molecule has 1 aliphatic rings. The Kier molecular flexibility index (Phi) is 6.03. The fourth-order valence-electron chi connectivity index (χ4n) is 3.12. The van der Waals surface area contributed by atoms with Crippen LogP contribution in [0.1, 0.15) is 25.3 Å². The summed E-state index contributed by atoms with van der Waals surface area (Å²) in [5, 5.41) is 8.90. The number of carbonyl (C=O) groups is 1. The van der Waals surface area contributed by atoms with Gasteiger partial charge >= 0.3 is 0 Å². The molecule has 2 N–H and O–H groups in total. The Hall–Kier alpha value is -1.58. The zero-order valence-corrected chi connectivity index (χ0v) is 14.4. The largest absolute Gasteiger partial charge is 0.355 e. The maximum atomic E-state index is 12.2. The highest BCUT2D eigenvalue weighted by Gasteiger charge is 2.26. The van der Waals surface area contributed by atoms with Crippen LogP contribution in [0.4, 0.5) is 0 Å². The van der Waals surface area contributed by atoms with E-state index in [0.29, 0.717) is 6.42 Å². The first-order valence-electron chi connectivity index (χ1n) is 8.10. The highest BCUT2D eigenvalue weighted by atomic mass is 35.5. The van der Waals surface area contributed by atoms with Gasteiger partial charge in [0.1, 0.15) is 0 Å². The summed E-state index contributed by atoms with van der Waals surface area (Å²) in [6, 6.07) is 14.5. The first kappa shape index (κ1) is 17.8. The first-order chi connectivity index (χ1) is 10.6. The molecule has 124 valence electrons. The Labute approximate surface area is 144 Å². The molecule has 1 fully saturated rings. The summed E-state index contributed by atoms with van der Waals surface area (Å²) in [6.45, 7) is 5.15. The van der Waals surface area contributed by atoms with Crippen LogP contribution in [0.25, 0.3) is 10.8 Å². The van der Waals surface area contributed by atoms with Gasteiger partial charge in [-0.1, -0.05) is 49.4 Å². The van der Waals surface area contributed by atoms with Crippen molar-refractivity contribution in [1.29, 1.82) is 0 Å². The zero-order valence-electron chi connectivity index (χ0n) is 13.6. The zero-order chi connectivity index (χ0) is 15.4. The minimum Gasteiger partial charge on any atom is -0.355 e. The van der Waals surface area contributed by atoms with Gasteiger partial charge in [-0.3, -0.25) is 4.79 Å². The van der Waals surface area contributed by atoms with Crippen molar-refractivity contribution >= 4 is 29.1 Å². The van der Waals surface area contributed by atoms with Gasteiger partial charge in [0, 0.05) is 6.54 Å². The molecule has 2 aromatic carbocycles. The predicted octanol–water partition coefficient (Wildman–Crippen LogP) is 3.31. The van der Waals surface area contributed by atoms with E-state index in [0.717, 1.165) is 38.0 Å². The fraction of sp³-hybridized carbons (Fsp3) is 0.421. The van der Waals surface area contributed by atoms with Gasteiger partial charge in [0.25, 0.3) is 0 Å². The average Bonchev–Trinajstić information content (AvgIpc) is 2.54. The number of carbonyl (C=O) groups excluding carboxylic acids is 1. The normalized spacial score (nSPS) is 16.6. The highest BCUT2D eigenvalue weighted by molar-refractivity contribution is 5.86. The quantitative estimate of drug-likeness (QED) is 0.902. The third-order valence-electron chi connectivity index (χ3n) is 4.70. The molecule has 3 rings (SSSR count). The molecule has 1 saturated heterocycles. The maximum Gasteiger partial charge on any atom is 0.224 e. The van der Waals surface area contributed by atoms with Crippen molar-refractivity contribution in [3.05, 3.63) is 48.0 Å². The number of benzene rings is 2. The number of fused-ring (bicyclic) bond motifs is 1. The number of hydrogen-bond acceptors (Lipinski definition) is 2. The number of piperidine rings is 1. The van der Waals surface area contributed by atoms with Crippen LogP contribution < -0.4 is 10.6 Å². The SMILES string of the molecule is CC1(CNC(=O)Cc2ccc3ccccc3c2)CCNCC1.Cl. The lowest BCUT2D eigenvalue weighted by Gasteiger charge is -2.34. The van der Waals surface area contributed by atoms with Crippen molar-refractivity contribution in [1.82, 2.24) is 10.6 Å². The monoisotopic (exact) mass is 332 g/mol. The third kappa shape index (κ3) is 4.69. The molecule has 4 heteroatoms. The van der Waals surface area contributed by atoms with E-state index in [2.05, 4.69) is 41.8 Å². The second kappa shape index (κ2) is 7.80. The Morgan fingerprint density at radius 3 is 2.57 bits per heavy atom. The first-order valence-corrected chi connectivity index (χ1v) is 8.10. The predicted molar refractivity (Wildman–Crippen MR) is 98.1 cm³/mol. The van der Waals surface area contributed by atoms with E-state index >= 15 is 0 Å². The Balaban J connectivity index is 0.00000192. The van der Waals surface area contributed by atoms with Crippen molar-refractivity contribution < 1.29 is 4.79 Å². The van der Waals surface area contributed by atoms with Crippen molar-refractivity contribution in [2.24, 2.45) is 5.41 Å². The number of rotatable bonds is 4. The topological polar surface area (TPSA) is 41.1 Å². The average molecular weight is 333 g/mol. The second-order valence-corrected chi connectivity index (χ2v) is 6.70. The van der Waals surface area contributed by atoms with E-state index < -0.39 is 0 Å². The second-order valence-electron chi connectivity index (χ2n) is 6.70. The molecule has 0 aliphatic carbocycles. The molecule has 0 unspecified atom stereocenters. The van der Waals surface area contributed by atoms with Gasteiger partial charge in [-0.15, -0.1) is 12.4 Å². The van der Waals surface area contributed by atoms with Crippen LogP contribution in [-0.2, 0) is 11.2 Å². The molecule has 2 aromatic rings. The van der Waals surface area contributed by atoms with Gasteiger partial charge in [0.05, 0.1) is 6.42 Å². The summed E-state index contributed by atoms with van der Waals surface area (Å²) in [6.07, 6.45) is 2.71. The number of halogens is 1. The van der Waals surface area contributed by atoms with Gasteiger partial charge in [0.15, 0.2) is 0 Å². The van der Waals surface area contributed by atoms with Gasteiger partial charge in [0.2, 0.25) is 5.91 Å². The van der Waals surface area contributed by atoms with Gasteiger partial charge in [-0.25, -0.2) is 0 Å². The van der Waals surface area contributed by atoms with Crippen LogP contribution in [0.3, 0.4) is 0 Å². The van der Waals surface area contributed by atoms with Gasteiger partial charge in [-0.2, -0.15) is 0 Å². The van der Waals surface area contributed by atoms with E-state index in [1.54, 1.807) is 0 Å². The Morgan fingerprint density at radius 2 is 1.83 bits per heavy atom. The highest BCUT2D eigenvalue weighted by Crippen LogP contribution is 2.26. The van der Waals surface area contributed by atoms with E-state index in [4.69, 9.17) is 0 Å². The van der Waals surface area contributed by atoms with Crippen molar-refractivity contribution in [2.75, 3.05) is 19.6 Å². The van der Waals surface area contributed by atoms with Crippen LogP contribution in [0.2, 0.25) is 0 Å². The van der Waals surface area contributed by atoms with Gasteiger partial charge < -0.3 is 10.6 Å². The van der Waals surface area contributed by atoms with E-state index in [1.165, 1.54) is 10.8 Å². The molecule has 1 amide bonds. The molecule has 23 heavy (non-hydrogen) atoms. The molecule has 0 spiro atoms. The lowest BCUT2D eigenvalue weighted by Crippen LogP contribution is -2.43. The van der Waals surface area contributed by atoms with Gasteiger partial charge in [-0.05, 0) is 47.7 Å². The molecule has 0 radical (unpaired) electrons. The minimum absolute atomic E-state index is 0. The number of nitrogens with one attached hydrogen (secondary N) is 2. The smallest absolute Gasteiger partial charge is 0.224 e. The van der Waals surface area contributed by atoms with Crippen LogP contribution in [-0.4, -0.2) is 25.5 Å². The van der Waals surface area contributed by atoms with E-state index in [1.807, 2.05) is 18.2 Å². The minimum atomic E-state index is 0. The lowest BCUT2D eigenvalue weighted by molar-refractivity contribution is -0.121. The molecular weight excluding hydrogens is 308 g/mol. The van der Waals surface area contributed by atoms with E-state index in [9.17, 15) is 4.79 Å². The molecule has 0 atom stereocenters. The standard InChI is InChI=1S/C19H24N2O.ClH/c1-19(8-10-20-11-9-19)14-21-18(22)13-15-6-7-16-4-2-3-5-17(16)12-15;/h2-7,12,20H,8-11,13-14H2,1H3,(H,21,22);1H. The summed E-state index contributed by atoms with van der Waals surface area (Å²) < 4.78 is 0.